The lowest BCUT2D eigenvalue weighted by molar-refractivity contribution is 0.687. The minimum atomic E-state index is -1.44. The number of nitrogens with two attached hydrogens (primary N) is 1. The topological polar surface area (TPSA) is 67.5 Å². The van der Waals surface area contributed by atoms with Crippen LogP contribution in [0.4, 0.5) is 5.69 Å². The van der Waals surface area contributed by atoms with Crippen LogP contribution in [0.15, 0.2) is 27.5 Å². The quantitative estimate of drug-likeness (QED) is 0.706. The van der Waals surface area contributed by atoms with Gasteiger partial charge < -0.3 is 5.73 Å². The molecule has 1 heterocycles. The molecule has 1 atom stereocenters. The summed E-state index contributed by atoms with van der Waals surface area (Å²) in [5.41, 5.74) is 7.34. The van der Waals surface area contributed by atoms with Crippen molar-refractivity contribution in [3.8, 4) is 0 Å². The van der Waals surface area contributed by atoms with Gasteiger partial charge in [0.15, 0.2) is 0 Å². The molecule has 14 heavy (non-hydrogen) atoms. The Bertz CT molecular complexity index is 431. The van der Waals surface area contributed by atoms with Crippen LogP contribution in [-0.2, 0) is 11.2 Å². The van der Waals surface area contributed by atoms with E-state index in [-0.39, 0.29) is 0 Å². The van der Waals surface area contributed by atoms with E-state index in [1.54, 1.807) is 11.8 Å². The molecular weight excluding hydrogens is 218 g/mol. The average molecular weight is 227 g/mol. The van der Waals surface area contributed by atoms with Crippen LogP contribution < -0.4 is 10.5 Å². The highest BCUT2D eigenvalue weighted by Gasteiger charge is 2.18. The van der Waals surface area contributed by atoms with Gasteiger partial charge >= 0.3 is 0 Å². The minimum Gasteiger partial charge on any atom is -0.382 e. The van der Waals surface area contributed by atoms with Gasteiger partial charge in [0.1, 0.15) is 5.84 Å². The van der Waals surface area contributed by atoms with Crippen molar-refractivity contribution >= 4 is 34.5 Å². The van der Waals surface area contributed by atoms with Crippen LogP contribution in [0.2, 0.25) is 0 Å². The van der Waals surface area contributed by atoms with E-state index in [4.69, 9.17) is 5.73 Å². The second kappa shape index (κ2) is 3.62. The number of anilines is 1. The number of nitrogens with zero attached hydrogens (tertiary/aromatic N) is 1. The number of hydrogen-bond acceptors (Lipinski definition) is 3. The molecule has 1 aromatic carbocycles. The van der Waals surface area contributed by atoms with Crippen LogP contribution >= 0.6 is 11.8 Å². The van der Waals surface area contributed by atoms with Gasteiger partial charge in [-0.15, -0.1) is 11.8 Å². The van der Waals surface area contributed by atoms with Gasteiger partial charge in [-0.1, -0.05) is 6.07 Å². The fourth-order valence-electron chi connectivity index (χ4n) is 1.30. The van der Waals surface area contributed by atoms with Crippen molar-refractivity contribution in [1.82, 2.24) is 0 Å². The van der Waals surface area contributed by atoms with Crippen molar-refractivity contribution in [3.05, 3.63) is 23.8 Å². The maximum absolute atomic E-state index is 11.2. The Labute approximate surface area is 88.7 Å². The predicted octanol–water partition coefficient (Wildman–Crippen LogP) is 1.12. The van der Waals surface area contributed by atoms with Gasteiger partial charge in [0, 0.05) is 4.90 Å². The first kappa shape index (κ1) is 9.54. The molecule has 1 aliphatic heterocycles. The molecule has 4 nitrogen and oxygen atoms in total. The van der Waals surface area contributed by atoms with E-state index in [1.807, 2.05) is 24.5 Å². The van der Waals surface area contributed by atoms with Crippen LogP contribution in [-0.4, -0.2) is 16.3 Å². The number of nitrogens with one attached hydrogen (secondary N) is 1. The smallest absolute Gasteiger partial charge is 0.244 e. The zero-order chi connectivity index (χ0) is 10.1. The summed E-state index contributed by atoms with van der Waals surface area (Å²) >= 11 is 0.150. The molecule has 3 N–H and O–H groups in total. The van der Waals surface area contributed by atoms with Crippen LogP contribution in [0.1, 0.15) is 5.56 Å². The Hall–Kier alpha value is -1.01. The molecule has 1 aromatic rings. The highest BCUT2D eigenvalue weighted by Crippen LogP contribution is 2.29. The lowest BCUT2D eigenvalue weighted by Gasteiger charge is -2.16. The van der Waals surface area contributed by atoms with Crippen molar-refractivity contribution in [3.63, 3.8) is 0 Å². The summed E-state index contributed by atoms with van der Waals surface area (Å²) in [6.45, 7) is 0. The van der Waals surface area contributed by atoms with Crippen LogP contribution in [0, 0.1) is 0 Å². The first-order valence-corrected chi connectivity index (χ1v) is 6.25. The molecule has 0 spiro atoms. The van der Waals surface area contributed by atoms with Crippen molar-refractivity contribution in [2.45, 2.75) is 4.90 Å². The number of rotatable bonds is 1. The number of hydrogen-bond donors (Lipinski definition) is 2. The highest BCUT2D eigenvalue weighted by atomic mass is 32.2. The van der Waals surface area contributed by atoms with Crippen molar-refractivity contribution in [1.29, 1.82) is 0 Å². The summed E-state index contributed by atoms with van der Waals surface area (Å²) < 4.78 is 17.7. The molecule has 1 unspecified atom stereocenters. The molecule has 0 bridgehead atoms. The Kier molecular flexibility index (Phi) is 2.47. The van der Waals surface area contributed by atoms with E-state index >= 15 is 0 Å². The third-order valence-electron chi connectivity index (χ3n) is 1.88. The molecule has 0 saturated carbocycles. The minimum absolute atomic E-state index is 0.335. The summed E-state index contributed by atoms with van der Waals surface area (Å²) in [5.74, 6) is 0.335. The molecule has 0 radical (unpaired) electrons. The SMILES string of the molecule is CSc1cccc2c1C(N)=NS(=O)N2. The molecule has 0 fully saturated rings. The Morgan fingerprint density at radius 3 is 3.07 bits per heavy atom. The second-order valence-corrected chi connectivity index (χ2v) is 4.44. The van der Waals surface area contributed by atoms with Gasteiger partial charge in [-0.3, -0.25) is 4.72 Å². The Balaban J connectivity index is 2.63. The molecule has 0 aliphatic carbocycles. The molecule has 0 aromatic heterocycles. The van der Waals surface area contributed by atoms with E-state index in [0.29, 0.717) is 5.84 Å². The molecule has 6 heteroatoms. The zero-order valence-corrected chi connectivity index (χ0v) is 9.11. The van der Waals surface area contributed by atoms with Gasteiger partial charge in [0.25, 0.3) is 0 Å². The summed E-state index contributed by atoms with van der Waals surface area (Å²) in [6.07, 6.45) is 1.97. The third kappa shape index (κ3) is 1.51. The molecule has 74 valence electrons. The van der Waals surface area contributed by atoms with Gasteiger partial charge in [-0.25, -0.2) is 4.21 Å². The van der Waals surface area contributed by atoms with Crippen molar-refractivity contribution in [2.24, 2.45) is 10.1 Å². The third-order valence-corrected chi connectivity index (χ3v) is 3.42. The molecule has 1 aliphatic rings. The van der Waals surface area contributed by atoms with Gasteiger partial charge in [-0.05, 0) is 18.4 Å². The van der Waals surface area contributed by atoms with Gasteiger partial charge in [0.2, 0.25) is 11.2 Å². The first-order valence-electron chi connectivity index (χ1n) is 3.92. The maximum Gasteiger partial charge on any atom is 0.244 e. The highest BCUT2D eigenvalue weighted by molar-refractivity contribution is 7.98. The number of fused-ring (bicyclic) bond motifs is 1. The summed E-state index contributed by atoms with van der Waals surface area (Å²) in [7, 11) is 0. The standard InChI is InChI=1S/C8H9N3OS2/c1-13-6-4-2-3-5-7(6)8(9)11-14(12)10-5/h2-4,10H,1H3,(H2,9,11). The van der Waals surface area contributed by atoms with E-state index in [9.17, 15) is 4.21 Å². The van der Waals surface area contributed by atoms with Crippen LogP contribution in [0.25, 0.3) is 0 Å². The molecule has 0 saturated heterocycles. The first-order chi connectivity index (χ1) is 6.72. The monoisotopic (exact) mass is 227 g/mol. The fraction of sp³-hybridized carbons (Fsp3) is 0.125. The molecular formula is C8H9N3OS2. The Morgan fingerprint density at radius 1 is 1.57 bits per heavy atom. The zero-order valence-electron chi connectivity index (χ0n) is 7.48. The normalized spacial score (nSPS) is 19.5. The fourth-order valence-corrected chi connectivity index (χ4v) is 2.61. The van der Waals surface area contributed by atoms with Crippen molar-refractivity contribution < 1.29 is 4.21 Å². The predicted molar refractivity (Wildman–Crippen MR) is 60.7 cm³/mol. The lowest BCUT2D eigenvalue weighted by Crippen LogP contribution is -2.23. The largest absolute Gasteiger partial charge is 0.382 e. The molecule has 2 rings (SSSR count). The lowest BCUT2D eigenvalue weighted by atomic mass is 10.1. The van der Waals surface area contributed by atoms with Crippen molar-refractivity contribution in [2.75, 3.05) is 11.0 Å². The summed E-state index contributed by atoms with van der Waals surface area (Å²) in [5, 5.41) is 0. The van der Waals surface area contributed by atoms with E-state index in [0.717, 1.165) is 16.1 Å². The summed E-state index contributed by atoms with van der Waals surface area (Å²) in [6, 6.07) is 5.70. The van der Waals surface area contributed by atoms with E-state index < -0.39 is 11.2 Å². The van der Waals surface area contributed by atoms with Crippen LogP contribution in [0.3, 0.4) is 0 Å². The Morgan fingerprint density at radius 2 is 2.36 bits per heavy atom. The van der Waals surface area contributed by atoms with E-state index in [2.05, 4.69) is 9.12 Å². The van der Waals surface area contributed by atoms with Gasteiger partial charge in [-0.2, -0.15) is 4.40 Å². The molecule has 0 amide bonds. The number of amidine groups is 1. The van der Waals surface area contributed by atoms with Crippen LogP contribution in [0.5, 0.6) is 0 Å². The van der Waals surface area contributed by atoms with Gasteiger partial charge in [0.05, 0.1) is 11.3 Å². The number of benzene rings is 1. The maximum atomic E-state index is 11.2. The average Bonchev–Trinajstić information content (AvgIpc) is 2.16. The number of thioether (sulfide) groups is 1. The second-order valence-electron chi connectivity index (χ2n) is 2.71. The van der Waals surface area contributed by atoms with E-state index in [1.165, 1.54) is 0 Å². The summed E-state index contributed by atoms with van der Waals surface area (Å²) in [4.78, 5) is 1.04.